The van der Waals surface area contributed by atoms with Crippen LogP contribution in [-0.4, -0.2) is 31.7 Å². The summed E-state index contributed by atoms with van der Waals surface area (Å²) in [7, 11) is -3.51. The standard InChI is InChI=1S/C10H10O6S/c1-6(11)16-9-4-3-7(17(2,14)15)5-8(9)10(12)13/h3-5H,1-2H3,(H,12,13). The molecule has 0 aromatic heterocycles. The molecule has 0 fully saturated rings. The van der Waals surface area contributed by atoms with Crippen molar-refractivity contribution in [1.29, 1.82) is 0 Å². The molecular weight excluding hydrogens is 248 g/mol. The molecule has 0 bridgehead atoms. The van der Waals surface area contributed by atoms with E-state index in [1.807, 2.05) is 0 Å². The summed E-state index contributed by atoms with van der Waals surface area (Å²) in [5.41, 5.74) is -0.372. The zero-order valence-corrected chi connectivity index (χ0v) is 9.95. The number of carbonyl (C=O) groups excluding carboxylic acids is 1. The molecule has 0 aliphatic carbocycles. The van der Waals surface area contributed by atoms with Crippen molar-refractivity contribution in [2.75, 3.05) is 6.26 Å². The fourth-order valence-corrected chi connectivity index (χ4v) is 1.80. The predicted molar refractivity (Wildman–Crippen MR) is 57.8 cm³/mol. The minimum absolute atomic E-state index is 0.147. The molecule has 92 valence electrons. The Morgan fingerprint density at radius 3 is 2.29 bits per heavy atom. The zero-order valence-electron chi connectivity index (χ0n) is 9.13. The number of sulfone groups is 1. The van der Waals surface area contributed by atoms with Gasteiger partial charge in [0.15, 0.2) is 9.84 Å². The van der Waals surface area contributed by atoms with Gasteiger partial charge in [-0.05, 0) is 18.2 Å². The van der Waals surface area contributed by atoms with E-state index in [0.29, 0.717) is 0 Å². The highest BCUT2D eigenvalue weighted by Crippen LogP contribution is 2.22. The van der Waals surface area contributed by atoms with Crippen LogP contribution in [0.1, 0.15) is 17.3 Å². The van der Waals surface area contributed by atoms with E-state index in [1.54, 1.807) is 0 Å². The summed E-state index contributed by atoms with van der Waals surface area (Å²) < 4.78 is 27.1. The van der Waals surface area contributed by atoms with Crippen molar-refractivity contribution < 1.29 is 27.9 Å². The molecule has 1 rings (SSSR count). The maximum atomic E-state index is 11.2. The van der Waals surface area contributed by atoms with E-state index in [4.69, 9.17) is 5.11 Å². The summed E-state index contributed by atoms with van der Waals surface area (Å²) >= 11 is 0. The third-order valence-corrected chi connectivity index (χ3v) is 2.97. The molecule has 1 aromatic carbocycles. The Morgan fingerprint density at radius 2 is 1.88 bits per heavy atom. The van der Waals surface area contributed by atoms with Crippen molar-refractivity contribution in [1.82, 2.24) is 0 Å². The molecule has 0 spiro atoms. The van der Waals surface area contributed by atoms with Gasteiger partial charge >= 0.3 is 11.9 Å². The van der Waals surface area contributed by atoms with Crippen molar-refractivity contribution in [3.8, 4) is 5.75 Å². The number of hydrogen-bond donors (Lipinski definition) is 1. The Bertz CT molecular complexity index is 572. The van der Waals surface area contributed by atoms with E-state index in [-0.39, 0.29) is 16.2 Å². The van der Waals surface area contributed by atoms with Crippen LogP contribution in [0.15, 0.2) is 23.1 Å². The van der Waals surface area contributed by atoms with E-state index in [2.05, 4.69) is 4.74 Å². The van der Waals surface area contributed by atoms with Crippen molar-refractivity contribution in [3.63, 3.8) is 0 Å². The molecule has 6 nitrogen and oxygen atoms in total. The maximum absolute atomic E-state index is 11.2. The van der Waals surface area contributed by atoms with Gasteiger partial charge in [-0.1, -0.05) is 0 Å². The van der Waals surface area contributed by atoms with E-state index in [0.717, 1.165) is 25.3 Å². The molecule has 0 heterocycles. The van der Waals surface area contributed by atoms with Crippen molar-refractivity contribution in [2.45, 2.75) is 11.8 Å². The van der Waals surface area contributed by atoms with Gasteiger partial charge in [0.2, 0.25) is 0 Å². The highest BCUT2D eigenvalue weighted by atomic mass is 32.2. The van der Waals surface area contributed by atoms with Gasteiger partial charge in [-0.25, -0.2) is 13.2 Å². The van der Waals surface area contributed by atoms with Crippen molar-refractivity contribution in [3.05, 3.63) is 23.8 Å². The molecule has 0 saturated heterocycles. The first-order valence-corrected chi connectivity index (χ1v) is 6.37. The molecule has 0 aliphatic rings. The number of esters is 1. The summed E-state index contributed by atoms with van der Waals surface area (Å²) in [6.07, 6.45) is 0.958. The van der Waals surface area contributed by atoms with Crippen LogP contribution < -0.4 is 4.74 Å². The minimum atomic E-state index is -3.51. The third-order valence-electron chi connectivity index (χ3n) is 1.86. The first-order chi connectivity index (χ1) is 7.71. The summed E-state index contributed by atoms with van der Waals surface area (Å²) in [6, 6.07) is 3.28. The van der Waals surface area contributed by atoms with Crippen LogP contribution in [0.4, 0.5) is 0 Å². The van der Waals surface area contributed by atoms with Gasteiger partial charge in [0, 0.05) is 13.2 Å². The molecule has 0 unspecified atom stereocenters. The molecule has 0 radical (unpaired) electrons. The Labute approximate surface area is 97.7 Å². The number of benzene rings is 1. The van der Waals surface area contributed by atoms with E-state index >= 15 is 0 Å². The number of carbonyl (C=O) groups is 2. The largest absolute Gasteiger partial charge is 0.478 e. The lowest BCUT2D eigenvalue weighted by molar-refractivity contribution is -0.131. The zero-order chi connectivity index (χ0) is 13.2. The minimum Gasteiger partial charge on any atom is -0.478 e. The van der Waals surface area contributed by atoms with Crippen LogP contribution in [0.25, 0.3) is 0 Å². The van der Waals surface area contributed by atoms with Gasteiger partial charge in [0.05, 0.1) is 4.90 Å². The molecule has 17 heavy (non-hydrogen) atoms. The Hall–Kier alpha value is -1.89. The van der Waals surface area contributed by atoms with Gasteiger partial charge in [-0.15, -0.1) is 0 Å². The second-order valence-electron chi connectivity index (χ2n) is 3.33. The van der Waals surface area contributed by atoms with E-state index in [9.17, 15) is 18.0 Å². The second-order valence-corrected chi connectivity index (χ2v) is 5.34. The fraction of sp³-hybridized carbons (Fsp3) is 0.200. The van der Waals surface area contributed by atoms with Crippen LogP contribution in [0, 0.1) is 0 Å². The van der Waals surface area contributed by atoms with Crippen LogP contribution >= 0.6 is 0 Å². The van der Waals surface area contributed by atoms with Crippen LogP contribution in [0.5, 0.6) is 5.75 Å². The first kappa shape index (κ1) is 13.2. The normalized spacial score (nSPS) is 10.9. The molecule has 7 heteroatoms. The van der Waals surface area contributed by atoms with Gasteiger partial charge in [-0.3, -0.25) is 4.79 Å². The summed E-state index contributed by atoms with van der Waals surface area (Å²) in [5, 5.41) is 8.88. The number of rotatable bonds is 3. The molecule has 0 aliphatic heterocycles. The SMILES string of the molecule is CC(=O)Oc1ccc(S(C)(=O)=O)cc1C(=O)O. The van der Waals surface area contributed by atoms with Gasteiger partial charge in [0.1, 0.15) is 11.3 Å². The molecule has 0 atom stereocenters. The Balaban J connectivity index is 3.37. The lowest BCUT2D eigenvalue weighted by Gasteiger charge is -2.07. The van der Waals surface area contributed by atoms with Gasteiger partial charge < -0.3 is 9.84 Å². The molecule has 1 aromatic rings. The highest BCUT2D eigenvalue weighted by Gasteiger charge is 2.17. The lowest BCUT2D eigenvalue weighted by atomic mass is 10.2. The van der Waals surface area contributed by atoms with Crippen LogP contribution in [0.3, 0.4) is 0 Å². The molecular formula is C10H10O6S. The number of ether oxygens (including phenoxy) is 1. The summed E-state index contributed by atoms with van der Waals surface area (Å²) in [4.78, 5) is 21.5. The topological polar surface area (TPSA) is 97.7 Å². The average molecular weight is 258 g/mol. The quantitative estimate of drug-likeness (QED) is 0.633. The average Bonchev–Trinajstić information content (AvgIpc) is 2.15. The Morgan fingerprint density at radius 1 is 1.29 bits per heavy atom. The number of carboxylic acid groups (broad SMARTS) is 1. The number of hydrogen-bond acceptors (Lipinski definition) is 5. The van der Waals surface area contributed by atoms with E-state index in [1.165, 1.54) is 6.07 Å². The second kappa shape index (κ2) is 4.54. The maximum Gasteiger partial charge on any atom is 0.339 e. The number of aromatic carboxylic acids is 1. The van der Waals surface area contributed by atoms with Crippen LogP contribution in [0.2, 0.25) is 0 Å². The predicted octanol–water partition coefficient (Wildman–Crippen LogP) is 0.714. The van der Waals surface area contributed by atoms with Gasteiger partial charge in [0.25, 0.3) is 0 Å². The third kappa shape index (κ3) is 3.28. The lowest BCUT2D eigenvalue weighted by Crippen LogP contribution is -2.09. The fourth-order valence-electron chi connectivity index (χ4n) is 1.15. The Kier molecular flexibility index (Phi) is 3.52. The van der Waals surface area contributed by atoms with Crippen molar-refractivity contribution in [2.24, 2.45) is 0 Å². The number of carboxylic acids is 1. The van der Waals surface area contributed by atoms with E-state index < -0.39 is 21.8 Å². The molecule has 0 amide bonds. The van der Waals surface area contributed by atoms with Gasteiger partial charge in [-0.2, -0.15) is 0 Å². The summed E-state index contributed by atoms with van der Waals surface area (Å²) in [5.74, 6) is -2.23. The summed E-state index contributed by atoms with van der Waals surface area (Å²) in [6.45, 7) is 1.12. The monoisotopic (exact) mass is 258 g/mol. The smallest absolute Gasteiger partial charge is 0.339 e. The molecule has 0 saturated carbocycles. The first-order valence-electron chi connectivity index (χ1n) is 4.47. The van der Waals surface area contributed by atoms with Crippen molar-refractivity contribution >= 4 is 21.8 Å². The molecule has 1 N–H and O–H groups in total. The highest BCUT2D eigenvalue weighted by molar-refractivity contribution is 7.90. The van der Waals surface area contributed by atoms with Crippen LogP contribution in [-0.2, 0) is 14.6 Å².